The molecule has 0 spiro atoms. The van der Waals surface area contributed by atoms with Gasteiger partial charge in [-0.25, -0.2) is 10.4 Å². The van der Waals surface area contributed by atoms with Crippen molar-refractivity contribution in [2.75, 3.05) is 12.5 Å². The summed E-state index contributed by atoms with van der Waals surface area (Å²) in [6.07, 6.45) is 1.71. The number of hydrogen-bond donors (Lipinski definition) is 2. The van der Waals surface area contributed by atoms with Gasteiger partial charge >= 0.3 is 0 Å². The molecule has 0 bridgehead atoms. The van der Waals surface area contributed by atoms with Gasteiger partial charge in [0.1, 0.15) is 6.61 Å². The van der Waals surface area contributed by atoms with Crippen LogP contribution in [0, 0.1) is 6.92 Å². The number of ether oxygens (including phenoxy) is 2. The van der Waals surface area contributed by atoms with E-state index in [0.29, 0.717) is 24.1 Å². The van der Waals surface area contributed by atoms with Crippen LogP contribution in [0.4, 0.5) is 5.95 Å². The van der Waals surface area contributed by atoms with Gasteiger partial charge in [0.15, 0.2) is 11.5 Å². The van der Waals surface area contributed by atoms with Crippen molar-refractivity contribution >= 4 is 23.2 Å². The lowest BCUT2D eigenvalue weighted by molar-refractivity contribution is 0.284. The summed E-state index contributed by atoms with van der Waals surface area (Å²) >= 11 is 0. The van der Waals surface area contributed by atoms with Crippen LogP contribution in [-0.2, 0) is 6.61 Å². The third kappa shape index (κ3) is 4.55. The number of nitrogens with zero attached hydrogens (tertiary/aromatic N) is 2. The van der Waals surface area contributed by atoms with Gasteiger partial charge in [0, 0.05) is 0 Å². The lowest BCUT2D eigenvalue weighted by Gasteiger charge is -2.11. The van der Waals surface area contributed by atoms with Gasteiger partial charge in [0.2, 0.25) is 5.95 Å². The Bertz CT molecular complexity index is 1140. The molecule has 146 valence electrons. The summed E-state index contributed by atoms with van der Waals surface area (Å²) < 4.78 is 11.4. The Morgan fingerprint density at radius 1 is 1.03 bits per heavy atom. The zero-order valence-electron chi connectivity index (χ0n) is 16.3. The summed E-state index contributed by atoms with van der Waals surface area (Å²) in [6.45, 7) is 2.53. The van der Waals surface area contributed by atoms with E-state index in [1.54, 1.807) is 13.3 Å². The highest BCUT2D eigenvalue weighted by molar-refractivity contribution is 5.82. The van der Waals surface area contributed by atoms with Gasteiger partial charge in [-0.15, -0.1) is 0 Å². The van der Waals surface area contributed by atoms with E-state index in [9.17, 15) is 0 Å². The average Bonchev–Trinajstić information content (AvgIpc) is 3.15. The van der Waals surface area contributed by atoms with Crippen LogP contribution in [0.3, 0.4) is 0 Å². The Morgan fingerprint density at radius 3 is 2.72 bits per heavy atom. The summed E-state index contributed by atoms with van der Waals surface area (Å²) in [6, 6.07) is 21.8. The van der Waals surface area contributed by atoms with E-state index >= 15 is 0 Å². The fourth-order valence-corrected chi connectivity index (χ4v) is 2.96. The van der Waals surface area contributed by atoms with E-state index in [4.69, 9.17) is 9.47 Å². The summed E-state index contributed by atoms with van der Waals surface area (Å²) in [4.78, 5) is 7.67. The summed E-state index contributed by atoms with van der Waals surface area (Å²) in [5.74, 6) is 1.94. The number of H-pyrrole nitrogens is 1. The molecule has 0 radical (unpaired) electrons. The molecule has 0 aliphatic carbocycles. The van der Waals surface area contributed by atoms with Crippen LogP contribution >= 0.6 is 0 Å². The quantitative estimate of drug-likeness (QED) is 0.350. The van der Waals surface area contributed by atoms with Gasteiger partial charge in [0.25, 0.3) is 0 Å². The number of aromatic amines is 1. The van der Waals surface area contributed by atoms with E-state index in [-0.39, 0.29) is 0 Å². The Kier molecular flexibility index (Phi) is 5.42. The highest BCUT2D eigenvalue weighted by Crippen LogP contribution is 2.28. The number of aryl methyl sites for hydroxylation is 1. The topological polar surface area (TPSA) is 71.5 Å². The fourth-order valence-electron chi connectivity index (χ4n) is 2.96. The van der Waals surface area contributed by atoms with Gasteiger partial charge in [-0.05, 0) is 53.9 Å². The van der Waals surface area contributed by atoms with Crippen LogP contribution < -0.4 is 14.9 Å². The van der Waals surface area contributed by atoms with Gasteiger partial charge < -0.3 is 14.5 Å². The van der Waals surface area contributed by atoms with Crippen LogP contribution in [0.2, 0.25) is 0 Å². The molecule has 6 heteroatoms. The number of imidazole rings is 1. The van der Waals surface area contributed by atoms with Crippen molar-refractivity contribution in [3.05, 3.63) is 83.4 Å². The van der Waals surface area contributed by atoms with Gasteiger partial charge in [-0.2, -0.15) is 5.10 Å². The highest BCUT2D eigenvalue weighted by Gasteiger charge is 2.06. The zero-order chi connectivity index (χ0) is 20.1. The number of hydrazone groups is 1. The minimum atomic E-state index is 0.484. The lowest BCUT2D eigenvalue weighted by Crippen LogP contribution is -1.98. The Labute approximate surface area is 169 Å². The first-order chi connectivity index (χ1) is 14.2. The van der Waals surface area contributed by atoms with Crippen LogP contribution in [-0.4, -0.2) is 23.3 Å². The molecule has 1 aromatic heterocycles. The molecule has 0 aliphatic rings. The van der Waals surface area contributed by atoms with Crippen molar-refractivity contribution in [2.45, 2.75) is 13.5 Å². The second-order valence-corrected chi connectivity index (χ2v) is 6.66. The first-order valence-corrected chi connectivity index (χ1v) is 9.31. The van der Waals surface area contributed by atoms with Crippen LogP contribution in [0.25, 0.3) is 11.0 Å². The number of hydrogen-bond acceptors (Lipinski definition) is 5. The zero-order valence-corrected chi connectivity index (χ0v) is 16.3. The molecule has 0 saturated heterocycles. The number of methoxy groups -OCH3 is 1. The molecular weight excluding hydrogens is 364 g/mol. The van der Waals surface area contributed by atoms with Crippen molar-refractivity contribution in [3.8, 4) is 11.5 Å². The van der Waals surface area contributed by atoms with E-state index in [1.165, 1.54) is 5.56 Å². The van der Waals surface area contributed by atoms with Crippen molar-refractivity contribution in [1.29, 1.82) is 0 Å². The molecule has 0 saturated carbocycles. The van der Waals surface area contributed by atoms with E-state index in [1.807, 2.05) is 67.6 Å². The van der Waals surface area contributed by atoms with E-state index in [2.05, 4.69) is 26.6 Å². The maximum atomic E-state index is 5.89. The number of anilines is 1. The van der Waals surface area contributed by atoms with Crippen molar-refractivity contribution < 1.29 is 9.47 Å². The summed E-state index contributed by atoms with van der Waals surface area (Å²) in [7, 11) is 1.63. The van der Waals surface area contributed by atoms with Gasteiger partial charge in [-0.1, -0.05) is 36.4 Å². The first-order valence-electron chi connectivity index (χ1n) is 9.31. The predicted molar refractivity (Wildman–Crippen MR) is 116 cm³/mol. The van der Waals surface area contributed by atoms with Gasteiger partial charge in [0.05, 0.1) is 24.4 Å². The molecule has 6 nitrogen and oxygen atoms in total. The summed E-state index contributed by atoms with van der Waals surface area (Å²) in [5.41, 5.74) is 7.97. The molecule has 0 atom stereocenters. The van der Waals surface area contributed by atoms with Crippen molar-refractivity contribution in [2.24, 2.45) is 5.10 Å². The SMILES string of the molecule is COc1cc(/C=N\Nc2nc3ccc(C)cc3[nH]2)ccc1OCc1ccccc1. The number of nitrogens with one attached hydrogen (secondary N) is 2. The molecule has 0 aliphatic heterocycles. The number of fused-ring (bicyclic) bond motifs is 1. The Balaban J connectivity index is 1.42. The molecule has 0 unspecified atom stereocenters. The van der Waals surface area contributed by atoms with Gasteiger partial charge in [-0.3, -0.25) is 0 Å². The maximum absolute atomic E-state index is 5.89. The summed E-state index contributed by atoms with van der Waals surface area (Å²) in [5, 5.41) is 4.26. The van der Waals surface area contributed by atoms with Crippen molar-refractivity contribution in [1.82, 2.24) is 9.97 Å². The molecule has 29 heavy (non-hydrogen) atoms. The number of rotatable bonds is 7. The van der Waals surface area contributed by atoms with E-state index < -0.39 is 0 Å². The molecule has 2 N–H and O–H groups in total. The monoisotopic (exact) mass is 386 g/mol. The second-order valence-electron chi connectivity index (χ2n) is 6.66. The molecular formula is C23H22N4O2. The molecule has 4 rings (SSSR count). The van der Waals surface area contributed by atoms with Crippen molar-refractivity contribution in [3.63, 3.8) is 0 Å². The maximum Gasteiger partial charge on any atom is 0.222 e. The smallest absolute Gasteiger partial charge is 0.222 e. The standard InChI is InChI=1S/C23H22N4O2/c1-16-8-10-19-20(12-16)26-23(25-19)27-24-14-18-9-11-21(22(13-18)28-2)29-15-17-6-4-3-5-7-17/h3-14H,15H2,1-2H3,(H2,25,26,27)/b24-14-. The van der Waals surface area contributed by atoms with Crippen LogP contribution in [0.5, 0.6) is 11.5 Å². The molecule has 1 heterocycles. The normalized spacial score (nSPS) is 11.1. The molecule has 0 fully saturated rings. The molecule has 3 aromatic carbocycles. The number of benzene rings is 3. The number of aromatic nitrogens is 2. The minimum absolute atomic E-state index is 0.484. The lowest BCUT2D eigenvalue weighted by atomic mass is 10.2. The Morgan fingerprint density at radius 2 is 1.90 bits per heavy atom. The average molecular weight is 386 g/mol. The minimum Gasteiger partial charge on any atom is -0.493 e. The largest absolute Gasteiger partial charge is 0.493 e. The third-order valence-electron chi connectivity index (χ3n) is 4.45. The third-order valence-corrected chi connectivity index (χ3v) is 4.45. The van der Waals surface area contributed by atoms with Crippen LogP contribution in [0.15, 0.2) is 71.8 Å². The second kappa shape index (κ2) is 8.48. The molecule has 4 aromatic rings. The predicted octanol–water partition coefficient (Wildman–Crippen LogP) is 4.90. The fraction of sp³-hybridized carbons (Fsp3) is 0.130. The van der Waals surface area contributed by atoms with E-state index in [0.717, 1.165) is 22.2 Å². The van der Waals surface area contributed by atoms with Crippen LogP contribution in [0.1, 0.15) is 16.7 Å². The highest BCUT2D eigenvalue weighted by atomic mass is 16.5. The molecule has 0 amide bonds. The first kappa shape index (κ1) is 18.6. The Hall–Kier alpha value is -3.80.